The van der Waals surface area contributed by atoms with Gasteiger partial charge in [0.1, 0.15) is 0 Å². The van der Waals surface area contributed by atoms with Crippen molar-refractivity contribution in [1.82, 2.24) is 0 Å². The zero-order valence-corrected chi connectivity index (χ0v) is 24.7. The third-order valence-corrected chi connectivity index (χ3v) is 13.0. The van der Waals surface area contributed by atoms with Crippen molar-refractivity contribution in [1.29, 1.82) is 0 Å². The Hall–Kier alpha value is -0.356. The molecule has 0 aliphatic heterocycles. The molecule has 0 saturated heterocycles. The molecule has 2 atom stereocenters. The van der Waals surface area contributed by atoms with Gasteiger partial charge in [0.25, 0.3) is 0 Å². The number of hydrogen-bond donors (Lipinski definition) is 0. The molecular weight excluding hydrogens is 510 g/mol. The fourth-order valence-corrected chi connectivity index (χ4v) is 11.8. The third kappa shape index (κ3) is 7.57. The molecule has 2 unspecified atom stereocenters. The first-order valence-corrected chi connectivity index (χ1v) is 16.4. The quantitative estimate of drug-likeness (QED) is 0.204. The van der Waals surface area contributed by atoms with Crippen molar-refractivity contribution in [2.75, 3.05) is 12.3 Å². The van der Waals surface area contributed by atoms with E-state index >= 15 is 0 Å². The Morgan fingerprint density at radius 2 is 1.29 bits per heavy atom. The fraction of sp³-hybridized carbons (Fsp3) is 0.467. The number of unbranched alkanes of at least 4 members (excludes halogenated alkanes) is 6. The van der Waals surface area contributed by atoms with Crippen LogP contribution in [0.15, 0.2) is 59.9 Å². The minimum Gasteiger partial charge on any atom is -1.00 e. The summed E-state index contributed by atoms with van der Waals surface area (Å²) in [7, 11) is 0.0000920. The smallest absolute Gasteiger partial charge is 1.00 e. The predicted molar refractivity (Wildman–Crippen MR) is 140 cm³/mol. The van der Waals surface area contributed by atoms with Crippen LogP contribution >= 0.6 is 7.92 Å². The molecule has 0 aromatic heterocycles. The van der Waals surface area contributed by atoms with E-state index in [-0.39, 0.29) is 51.9 Å². The molecule has 2 aromatic rings. The van der Waals surface area contributed by atoms with Gasteiger partial charge in [-0.2, -0.15) is 0 Å². The Kier molecular flexibility index (Phi) is 13.8. The number of halogens is 2. The molecule has 0 N–H and O–H groups in total. The van der Waals surface area contributed by atoms with Crippen molar-refractivity contribution in [2.45, 2.75) is 73.7 Å². The van der Waals surface area contributed by atoms with E-state index in [2.05, 4.69) is 80.6 Å². The Balaban J connectivity index is 0.00000204. The summed E-state index contributed by atoms with van der Waals surface area (Å²) in [6.45, 7) is 4.66. The third-order valence-electron chi connectivity index (χ3n) is 6.98. The molecule has 0 radical (unpaired) electrons. The molecule has 0 bridgehead atoms. The summed E-state index contributed by atoms with van der Waals surface area (Å²) in [4.78, 5) is 0. The number of allylic oxidation sites excluding steroid dienone is 2. The van der Waals surface area contributed by atoms with Crippen LogP contribution in [-0.2, 0) is 19.2 Å². The number of hydrogen-bond acceptors (Lipinski definition) is 0. The summed E-state index contributed by atoms with van der Waals surface area (Å²) in [6, 6.07) is 18.4. The number of benzene rings is 2. The largest absolute Gasteiger partial charge is 1.00 e. The van der Waals surface area contributed by atoms with Gasteiger partial charge in [-0.3, -0.25) is 0 Å². The summed E-state index contributed by atoms with van der Waals surface area (Å²) in [5.41, 5.74) is 6.22. The molecular formula is C30H39Cl2PTi. The predicted octanol–water partition coefficient (Wildman–Crippen LogP) is 3.58. The van der Waals surface area contributed by atoms with Gasteiger partial charge in [-0.15, -0.1) is 0 Å². The van der Waals surface area contributed by atoms with Gasteiger partial charge in [-0.1, -0.05) is 0 Å². The van der Waals surface area contributed by atoms with E-state index in [4.69, 9.17) is 0 Å². The zero-order chi connectivity index (χ0) is 22.2. The van der Waals surface area contributed by atoms with Gasteiger partial charge in [-0.25, -0.2) is 0 Å². The van der Waals surface area contributed by atoms with Gasteiger partial charge in [-0.05, 0) is 0 Å². The molecule has 2 aromatic carbocycles. The molecule has 0 spiro atoms. The monoisotopic (exact) mass is 548 g/mol. The first-order valence-electron chi connectivity index (χ1n) is 12.9. The van der Waals surface area contributed by atoms with Crippen LogP contribution in [0.2, 0.25) is 0 Å². The van der Waals surface area contributed by atoms with Crippen molar-refractivity contribution in [3.63, 3.8) is 0 Å². The van der Waals surface area contributed by atoms with Gasteiger partial charge in [0.2, 0.25) is 0 Å². The Morgan fingerprint density at radius 3 is 1.94 bits per heavy atom. The average Bonchev–Trinajstić information content (AvgIpc) is 3.40. The fourth-order valence-electron chi connectivity index (χ4n) is 5.16. The summed E-state index contributed by atoms with van der Waals surface area (Å²) < 4.78 is 1.42. The van der Waals surface area contributed by atoms with E-state index < -0.39 is 0 Å². The molecule has 182 valence electrons. The van der Waals surface area contributed by atoms with E-state index in [0.29, 0.717) is 4.22 Å². The van der Waals surface area contributed by atoms with Crippen LogP contribution in [0.25, 0.3) is 12.2 Å². The van der Waals surface area contributed by atoms with Gasteiger partial charge < -0.3 is 24.8 Å². The van der Waals surface area contributed by atoms with Gasteiger partial charge in [0, 0.05) is 0 Å². The van der Waals surface area contributed by atoms with Gasteiger partial charge in [0.05, 0.1) is 0 Å². The van der Waals surface area contributed by atoms with Crippen LogP contribution < -0.4 is 24.8 Å². The van der Waals surface area contributed by atoms with E-state index in [9.17, 15) is 0 Å². The van der Waals surface area contributed by atoms with Crippen LogP contribution in [0.5, 0.6) is 0 Å². The molecule has 0 heterocycles. The second-order valence-electron chi connectivity index (χ2n) is 9.37. The number of fused-ring (bicyclic) bond motifs is 2. The minimum absolute atomic E-state index is 0. The maximum atomic E-state index is 2.65. The SMILES string of the molecule is CCCCCCP(CCCCCC)C1=Cc2ccccc2[CH]1[Ti+2][CH]1C=Cc2ccccc21.[Cl-].[Cl-]. The minimum atomic E-state index is -0.190. The first-order chi connectivity index (χ1) is 15.8. The molecule has 2 aliphatic rings. The maximum absolute atomic E-state index is 2.65. The molecule has 4 rings (SSSR count). The van der Waals surface area contributed by atoms with Crippen LogP contribution in [0.3, 0.4) is 0 Å². The van der Waals surface area contributed by atoms with E-state index in [1.807, 2.05) is 5.31 Å². The second kappa shape index (κ2) is 15.7. The molecule has 0 nitrogen and oxygen atoms in total. The average molecular weight is 549 g/mol. The van der Waals surface area contributed by atoms with E-state index in [1.165, 1.54) is 74.8 Å². The molecule has 4 heteroatoms. The van der Waals surface area contributed by atoms with Crippen LogP contribution in [0.1, 0.15) is 95.9 Å². The summed E-state index contributed by atoms with van der Waals surface area (Å²) in [6.07, 6.45) is 21.7. The molecule has 34 heavy (non-hydrogen) atoms. The number of rotatable bonds is 13. The summed E-state index contributed by atoms with van der Waals surface area (Å²) in [5.74, 6) is 0. The first kappa shape index (κ1) is 29.9. The Bertz CT molecular complexity index is 927. The van der Waals surface area contributed by atoms with E-state index in [1.54, 1.807) is 11.1 Å². The normalized spacial score (nSPS) is 17.4. The van der Waals surface area contributed by atoms with Crippen LogP contribution in [-0.4, -0.2) is 12.3 Å². The summed E-state index contributed by atoms with van der Waals surface area (Å²) in [5, 5.41) is 1.87. The van der Waals surface area contributed by atoms with Crippen LogP contribution in [0, 0.1) is 0 Å². The second-order valence-corrected chi connectivity index (χ2v) is 14.3. The molecule has 0 amide bonds. The molecule has 0 fully saturated rings. The Morgan fingerprint density at radius 1 is 0.706 bits per heavy atom. The Labute approximate surface area is 231 Å². The summed E-state index contributed by atoms with van der Waals surface area (Å²) >= 11 is -0.190. The van der Waals surface area contributed by atoms with Crippen molar-refractivity contribution >= 4 is 20.1 Å². The van der Waals surface area contributed by atoms with Gasteiger partial charge >= 0.3 is 207 Å². The standard InChI is InChI=1S/C21H32P.C9H7.2ClH.Ti/c1-3-5-7-11-15-22(16-12-8-6-4-2)21-17-19-13-9-10-14-20(19)18-21;1-2-5-9-7-3-6-8(9)4-1;;;/h9-10,13-14,17-18H,3-8,11-12,15-16H2,1-2H3;1-7H;2*1H;/q;;;;+2/p-2. The van der Waals surface area contributed by atoms with Crippen molar-refractivity contribution in [2.24, 2.45) is 0 Å². The topological polar surface area (TPSA) is 0 Å². The van der Waals surface area contributed by atoms with Crippen molar-refractivity contribution in [3.05, 3.63) is 82.2 Å². The van der Waals surface area contributed by atoms with Crippen molar-refractivity contribution in [3.8, 4) is 0 Å². The maximum Gasteiger partial charge on any atom is -1.00 e. The van der Waals surface area contributed by atoms with Crippen LogP contribution in [0.4, 0.5) is 0 Å². The molecule has 2 aliphatic carbocycles. The van der Waals surface area contributed by atoms with Crippen molar-refractivity contribution < 1.29 is 44.0 Å². The van der Waals surface area contributed by atoms with Gasteiger partial charge in [0.15, 0.2) is 0 Å². The zero-order valence-electron chi connectivity index (χ0n) is 20.8. The molecule has 0 saturated carbocycles. The van der Waals surface area contributed by atoms with E-state index in [0.717, 1.165) is 4.22 Å².